The number of anilines is 3. The lowest BCUT2D eigenvalue weighted by atomic mass is 10.2. The van der Waals surface area contributed by atoms with Gasteiger partial charge in [0.2, 0.25) is 0 Å². The van der Waals surface area contributed by atoms with Gasteiger partial charge in [0.15, 0.2) is 0 Å². The summed E-state index contributed by atoms with van der Waals surface area (Å²) >= 11 is 3.41. The van der Waals surface area contributed by atoms with Gasteiger partial charge in [0.25, 0.3) is 0 Å². The Hall–Kier alpha value is -2.01. The number of hydrogen-bond acceptors (Lipinski definition) is 2. The maximum atomic E-state index is 11.8. The van der Waals surface area contributed by atoms with E-state index in [-0.39, 0.29) is 6.03 Å². The van der Waals surface area contributed by atoms with Gasteiger partial charge in [-0.25, -0.2) is 4.79 Å². The monoisotopic (exact) mass is 319 g/mol. The summed E-state index contributed by atoms with van der Waals surface area (Å²) in [6.45, 7) is 1.99. The van der Waals surface area contributed by atoms with E-state index in [9.17, 15) is 4.79 Å². The van der Waals surface area contributed by atoms with Crippen LogP contribution in [0.2, 0.25) is 0 Å². The molecule has 0 aliphatic rings. The zero-order valence-corrected chi connectivity index (χ0v) is 12.0. The molecule has 0 spiro atoms. The van der Waals surface area contributed by atoms with Crippen LogP contribution in [-0.2, 0) is 0 Å². The third-order valence-electron chi connectivity index (χ3n) is 2.52. The Balaban J connectivity index is 2.05. The van der Waals surface area contributed by atoms with Crippen molar-refractivity contribution in [3.05, 3.63) is 52.5 Å². The lowest BCUT2D eigenvalue weighted by molar-refractivity contribution is 0.262. The summed E-state index contributed by atoms with van der Waals surface area (Å²) in [6.07, 6.45) is 0. The van der Waals surface area contributed by atoms with E-state index in [0.717, 1.165) is 10.0 Å². The smallest absolute Gasteiger partial charge is 0.323 e. The fraction of sp³-hybridized carbons (Fsp3) is 0.0714. The Morgan fingerprint density at radius 2 is 1.95 bits per heavy atom. The van der Waals surface area contributed by atoms with Crippen molar-refractivity contribution in [2.75, 3.05) is 16.4 Å². The second-order valence-corrected chi connectivity index (χ2v) is 5.04. The number of aryl methyl sites for hydroxylation is 1. The van der Waals surface area contributed by atoms with Crippen molar-refractivity contribution in [2.45, 2.75) is 6.92 Å². The first-order valence-corrected chi connectivity index (χ1v) is 6.53. The Morgan fingerprint density at radius 1 is 1.16 bits per heavy atom. The fourth-order valence-electron chi connectivity index (χ4n) is 1.62. The molecule has 5 heteroatoms. The minimum atomic E-state index is -0.310. The van der Waals surface area contributed by atoms with E-state index in [1.807, 2.05) is 25.1 Å². The highest BCUT2D eigenvalue weighted by Crippen LogP contribution is 2.23. The molecule has 0 aromatic heterocycles. The molecule has 2 aromatic rings. The molecule has 0 saturated carbocycles. The third-order valence-corrected chi connectivity index (χ3v) is 3.17. The second kappa shape index (κ2) is 5.75. The molecule has 0 fully saturated rings. The molecule has 2 aromatic carbocycles. The minimum Gasteiger partial charge on any atom is -0.399 e. The van der Waals surface area contributed by atoms with Crippen molar-refractivity contribution in [3.8, 4) is 0 Å². The van der Waals surface area contributed by atoms with Crippen LogP contribution in [0.25, 0.3) is 0 Å². The van der Waals surface area contributed by atoms with Crippen molar-refractivity contribution in [1.29, 1.82) is 0 Å². The highest BCUT2D eigenvalue weighted by molar-refractivity contribution is 9.10. The van der Waals surface area contributed by atoms with Crippen LogP contribution in [0.5, 0.6) is 0 Å². The van der Waals surface area contributed by atoms with Gasteiger partial charge in [-0.3, -0.25) is 0 Å². The highest BCUT2D eigenvalue weighted by atomic mass is 79.9. The lowest BCUT2D eigenvalue weighted by Gasteiger charge is -2.10. The summed E-state index contributed by atoms with van der Waals surface area (Å²) in [7, 11) is 0. The summed E-state index contributed by atoms with van der Waals surface area (Å²) in [5.41, 5.74) is 8.74. The number of benzene rings is 2. The number of rotatable bonds is 2. The predicted molar refractivity (Wildman–Crippen MR) is 82.4 cm³/mol. The number of nitrogens with one attached hydrogen (secondary N) is 2. The first kappa shape index (κ1) is 13.4. The summed E-state index contributed by atoms with van der Waals surface area (Å²) in [5, 5.41) is 5.49. The van der Waals surface area contributed by atoms with Gasteiger partial charge < -0.3 is 16.4 Å². The van der Waals surface area contributed by atoms with E-state index < -0.39 is 0 Å². The molecule has 2 amide bonds. The van der Waals surface area contributed by atoms with E-state index in [1.54, 1.807) is 24.3 Å². The number of nitrogens with two attached hydrogens (primary N) is 1. The molecule has 0 atom stereocenters. The molecule has 4 N–H and O–H groups in total. The topological polar surface area (TPSA) is 67.2 Å². The SMILES string of the molecule is Cc1ccc(NC(=O)Nc2cccc(N)c2)c(Br)c1. The Labute approximate surface area is 120 Å². The molecule has 0 aliphatic carbocycles. The number of amides is 2. The number of hydrogen-bond donors (Lipinski definition) is 3. The van der Waals surface area contributed by atoms with E-state index in [4.69, 9.17) is 5.73 Å². The summed E-state index contributed by atoms with van der Waals surface area (Å²) in [6, 6.07) is 12.4. The lowest BCUT2D eigenvalue weighted by Crippen LogP contribution is -2.19. The molecular formula is C14H14BrN3O. The summed E-state index contributed by atoms with van der Waals surface area (Å²) < 4.78 is 0.843. The number of carbonyl (C=O) groups is 1. The number of nitrogen functional groups attached to an aromatic ring is 1. The van der Waals surface area contributed by atoms with E-state index in [0.29, 0.717) is 17.1 Å². The molecule has 4 nitrogen and oxygen atoms in total. The van der Waals surface area contributed by atoms with Crippen LogP contribution in [-0.4, -0.2) is 6.03 Å². The van der Waals surface area contributed by atoms with Crippen LogP contribution in [0.1, 0.15) is 5.56 Å². The first-order chi connectivity index (χ1) is 9.04. The van der Waals surface area contributed by atoms with E-state index in [1.165, 1.54) is 0 Å². The molecule has 98 valence electrons. The average Bonchev–Trinajstić information content (AvgIpc) is 2.33. The van der Waals surface area contributed by atoms with Crippen LogP contribution in [0.3, 0.4) is 0 Å². The highest BCUT2D eigenvalue weighted by Gasteiger charge is 2.05. The number of halogens is 1. The van der Waals surface area contributed by atoms with Gasteiger partial charge in [-0.05, 0) is 58.7 Å². The maximum Gasteiger partial charge on any atom is 0.323 e. The molecule has 0 bridgehead atoms. The Kier molecular flexibility index (Phi) is 4.06. The van der Waals surface area contributed by atoms with Gasteiger partial charge in [0.05, 0.1) is 5.69 Å². The van der Waals surface area contributed by atoms with Crippen LogP contribution >= 0.6 is 15.9 Å². The second-order valence-electron chi connectivity index (χ2n) is 4.19. The van der Waals surface area contributed by atoms with Gasteiger partial charge >= 0.3 is 6.03 Å². The fourth-order valence-corrected chi connectivity index (χ4v) is 2.21. The van der Waals surface area contributed by atoms with Gasteiger partial charge in [0, 0.05) is 15.8 Å². The van der Waals surface area contributed by atoms with Crippen LogP contribution in [0, 0.1) is 6.92 Å². The van der Waals surface area contributed by atoms with Crippen molar-refractivity contribution in [2.24, 2.45) is 0 Å². The molecular weight excluding hydrogens is 306 g/mol. The Morgan fingerprint density at radius 3 is 2.63 bits per heavy atom. The molecule has 0 saturated heterocycles. The molecule has 0 radical (unpaired) electrons. The van der Waals surface area contributed by atoms with Crippen molar-refractivity contribution < 1.29 is 4.79 Å². The van der Waals surface area contributed by atoms with Crippen molar-refractivity contribution in [3.63, 3.8) is 0 Å². The molecule has 19 heavy (non-hydrogen) atoms. The van der Waals surface area contributed by atoms with Crippen LogP contribution in [0.4, 0.5) is 21.9 Å². The predicted octanol–water partition coefficient (Wildman–Crippen LogP) is 3.98. The average molecular weight is 320 g/mol. The molecule has 0 heterocycles. The Bertz CT molecular complexity index is 613. The largest absolute Gasteiger partial charge is 0.399 e. The van der Waals surface area contributed by atoms with Gasteiger partial charge in [-0.2, -0.15) is 0 Å². The van der Waals surface area contributed by atoms with E-state index in [2.05, 4.69) is 26.6 Å². The van der Waals surface area contributed by atoms with Gasteiger partial charge in [-0.1, -0.05) is 12.1 Å². The van der Waals surface area contributed by atoms with Gasteiger partial charge in [-0.15, -0.1) is 0 Å². The number of carbonyl (C=O) groups excluding carboxylic acids is 1. The zero-order chi connectivity index (χ0) is 13.8. The van der Waals surface area contributed by atoms with Crippen LogP contribution in [0.15, 0.2) is 46.9 Å². The first-order valence-electron chi connectivity index (χ1n) is 5.74. The molecule has 0 unspecified atom stereocenters. The third kappa shape index (κ3) is 3.72. The zero-order valence-electron chi connectivity index (χ0n) is 10.4. The quantitative estimate of drug-likeness (QED) is 0.733. The van der Waals surface area contributed by atoms with Crippen molar-refractivity contribution >= 4 is 39.0 Å². The minimum absolute atomic E-state index is 0.310. The van der Waals surface area contributed by atoms with Crippen LogP contribution < -0.4 is 16.4 Å². The molecule has 2 rings (SSSR count). The standard InChI is InChI=1S/C14H14BrN3O/c1-9-5-6-13(12(15)7-9)18-14(19)17-11-4-2-3-10(16)8-11/h2-8H,16H2,1H3,(H2,17,18,19). The summed E-state index contributed by atoms with van der Waals surface area (Å²) in [4.78, 5) is 11.8. The van der Waals surface area contributed by atoms with Crippen molar-refractivity contribution in [1.82, 2.24) is 0 Å². The number of urea groups is 1. The molecule has 0 aliphatic heterocycles. The van der Waals surface area contributed by atoms with Gasteiger partial charge in [0.1, 0.15) is 0 Å². The normalized spacial score (nSPS) is 10.0. The maximum absolute atomic E-state index is 11.8. The summed E-state index contributed by atoms with van der Waals surface area (Å²) in [5.74, 6) is 0. The van der Waals surface area contributed by atoms with E-state index >= 15 is 0 Å².